The number of aromatic nitrogens is 5. The highest BCUT2D eigenvalue weighted by Gasteiger charge is 2.34. The fraction of sp³-hybridized carbons (Fsp3) is 0.348. The van der Waals surface area contributed by atoms with Gasteiger partial charge in [0, 0.05) is 17.1 Å². The van der Waals surface area contributed by atoms with E-state index >= 15 is 0 Å². The SMILES string of the molecule is CC.Cc1ccnc2ncn(Cc3nc(C4CC(c5cccc(Cl)c5)C4)no3)c(=O)c12. The summed E-state index contributed by atoms with van der Waals surface area (Å²) >= 11 is 6.09. The molecular formula is C23H24ClN5O2. The largest absolute Gasteiger partial charge is 0.337 e. The molecule has 3 heterocycles. The Balaban J connectivity index is 0.00000112. The first-order valence-electron chi connectivity index (χ1n) is 10.5. The zero-order valence-corrected chi connectivity index (χ0v) is 18.5. The van der Waals surface area contributed by atoms with Crippen LogP contribution >= 0.6 is 11.6 Å². The summed E-state index contributed by atoms with van der Waals surface area (Å²) in [4.78, 5) is 25.7. The number of aryl methyl sites for hydroxylation is 1. The zero-order valence-electron chi connectivity index (χ0n) is 17.7. The van der Waals surface area contributed by atoms with Crippen LogP contribution in [0, 0.1) is 6.92 Å². The molecule has 0 spiro atoms. The second kappa shape index (κ2) is 8.98. The molecule has 0 N–H and O–H groups in total. The summed E-state index contributed by atoms with van der Waals surface area (Å²) in [6.45, 7) is 6.06. The smallest absolute Gasteiger partial charge is 0.263 e. The standard InChI is InChI=1S/C21H18ClN5O2.C2H6/c1-12-5-6-23-20-18(12)21(28)27(11-24-20)10-17-25-19(26-29-17)15-7-14(8-15)13-3-2-4-16(22)9-13;1-2/h2-6,9,11,14-15H,7-8,10H2,1H3;1-2H3. The Morgan fingerprint density at radius 3 is 2.74 bits per heavy atom. The summed E-state index contributed by atoms with van der Waals surface area (Å²) in [6.07, 6.45) is 5.04. The fourth-order valence-electron chi connectivity index (χ4n) is 3.84. The van der Waals surface area contributed by atoms with Gasteiger partial charge in [-0.3, -0.25) is 9.36 Å². The lowest BCUT2D eigenvalue weighted by Gasteiger charge is -2.33. The van der Waals surface area contributed by atoms with Crippen LogP contribution in [0.1, 0.15) is 61.4 Å². The minimum atomic E-state index is -0.162. The molecule has 0 radical (unpaired) electrons. The number of halogens is 1. The predicted molar refractivity (Wildman–Crippen MR) is 119 cm³/mol. The van der Waals surface area contributed by atoms with Gasteiger partial charge in [-0.2, -0.15) is 4.98 Å². The van der Waals surface area contributed by atoms with Crippen molar-refractivity contribution in [3.63, 3.8) is 0 Å². The molecule has 5 rings (SSSR count). The molecular weight excluding hydrogens is 414 g/mol. The molecule has 8 heteroatoms. The van der Waals surface area contributed by atoms with Crippen LogP contribution in [0.15, 0.2) is 52.2 Å². The van der Waals surface area contributed by atoms with Crippen LogP contribution in [-0.2, 0) is 6.54 Å². The maximum absolute atomic E-state index is 12.8. The number of pyridine rings is 1. The molecule has 0 unspecified atom stereocenters. The zero-order chi connectivity index (χ0) is 22.0. The third kappa shape index (κ3) is 4.23. The van der Waals surface area contributed by atoms with E-state index in [0.717, 1.165) is 23.4 Å². The number of hydrogen-bond acceptors (Lipinski definition) is 6. The molecule has 1 aliphatic carbocycles. The van der Waals surface area contributed by atoms with Crippen molar-refractivity contribution in [2.24, 2.45) is 0 Å². The van der Waals surface area contributed by atoms with E-state index in [2.05, 4.69) is 26.2 Å². The van der Waals surface area contributed by atoms with Gasteiger partial charge in [-0.15, -0.1) is 0 Å². The second-order valence-electron chi connectivity index (χ2n) is 7.47. The van der Waals surface area contributed by atoms with Crippen molar-refractivity contribution >= 4 is 22.6 Å². The Hall–Kier alpha value is -3.06. The molecule has 1 aromatic carbocycles. The van der Waals surface area contributed by atoms with Gasteiger partial charge < -0.3 is 4.52 Å². The van der Waals surface area contributed by atoms with E-state index in [1.54, 1.807) is 12.3 Å². The number of benzene rings is 1. The van der Waals surface area contributed by atoms with Crippen LogP contribution in [-0.4, -0.2) is 24.7 Å². The Kier molecular flexibility index (Phi) is 6.13. The monoisotopic (exact) mass is 437 g/mol. The third-order valence-electron chi connectivity index (χ3n) is 5.55. The molecule has 0 aliphatic heterocycles. The molecule has 1 aliphatic rings. The van der Waals surface area contributed by atoms with Crippen LogP contribution in [0.2, 0.25) is 5.02 Å². The molecule has 7 nitrogen and oxygen atoms in total. The topological polar surface area (TPSA) is 86.7 Å². The molecule has 0 atom stereocenters. The van der Waals surface area contributed by atoms with E-state index in [-0.39, 0.29) is 18.0 Å². The van der Waals surface area contributed by atoms with Crippen molar-refractivity contribution in [3.05, 3.63) is 81.1 Å². The first-order chi connectivity index (χ1) is 15.1. The molecule has 31 heavy (non-hydrogen) atoms. The van der Waals surface area contributed by atoms with E-state index in [0.29, 0.717) is 28.7 Å². The average Bonchev–Trinajstić information content (AvgIpc) is 3.19. The molecule has 4 aromatic rings. The maximum atomic E-state index is 12.8. The van der Waals surface area contributed by atoms with Gasteiger partial charge in [0.2, 0.25) is 5.89 Å². The Labute approximate surface area is 185 Å². The lowest BCUT2D eigenvalue weighted by atomic mass is 9.71. The summed E-state index contributed by atoms with van der Waals surface area (Å²) < 4.78 is 6.87. The summed E-state index contributed by atoms with van der Waals surface area (Å²) in [5, 5.41) is 5.40. The third-order valence-corrected chi connectivity index (χ3v) is 5.78. The first-order valence-corrected chi connectivity index (χ1v) is 10.8. The van der Waals surface area contributed by atoms with E-state index < -0.39 is 0 Å². The van der Waals surface area contributed by atoms with Crippen molar-refractivity contribution < 1.29 is 4.52 Å². The van der Waals surface area contributed by atoms with Gasteiger partial charge in [-0.25, -0.2) is 9.97 Å². The van der Waals surface area contributed by atoms with E-state index in [1.165, 1.54) is 16.5 Å². The maximum Gasteiger partial charge on any atom is 0.263 e. The van der Waals surface area contributed by atoms with Crippen LogP contribution in [0.4, 0.5) is 0 Å². The fourth-order valence-corrected chi connectivity index (χ4v) is 4.04. The molecule has 0 bridgehead atoms. The second-order valence-corrected chi connectivity index (χ2v) is 7.91. The highest BCUT2D eigenvalue weighted by Crippen LogP contribution is 2.46. The van der Waals surface area contributed by atoms with Crippen molar-refractivity contribution in [2.45, 2.75) is 52.0 Å². The van der Waals surface area contributed by atoms with Crippen LogP contribution in [0.5, 0.6) is 0 Å². The van der Waals surface area contributed by atoms with Gasteiger partial charge >= 0.3 is 0 Å². The van der Waals surface area contributed by atoms with Gasteiger partial charge in [0.05, 0.1) is 5.39 Å². The number of hydrogen-bond donors (Lipinski definition) is 0. The lowest BCUT2D eigenvalue weighted by Crippen LogP contribution is -2.23. The highest BCUT2D eigenvalue weighted by molar-refractivity contribution is 6.30. The number of fused-ring (bicyclic) bond motifs is 1. The quantitative estimate of drug-likeness (QED) is 0.452. The summed E-state index contributed by atoms with van der Waals surface area (Å²) in [5.41, 5.74) is 2.37. The molecule has 0 amide bonds. The Morgan fingerprint density at radius 2 is 1.97 bits per heavy atom. The summed E-state index contributed by atoms with van der Waals surface area (Å²) in [7, 11) is 0. The molecule has 1 saturated carbocycles. The van der Waals surface area contributed by atoms with Crippen molar-refractivity contribution in [2.75, 3.05) is 0 Å². The minimum absolute atomic E-state index is 0.162. The van der Waals surface area contributed by atoms with Crippen LogP contribution < -0.4 is 5.56 Å². The molecule has 160 valence electrons. The first kappa shape index (κ1) is 21.2. The van der Waals surface area contributed by atoms with Crippen molar-refractivity contribution in [1.82, 2.24) is 24.7 Å². The number of rotatable bonds is 4. The Morgan fingerprint density at radius 1 is 1.16 bits per heavy atom. The molecule has 1 fully saturated rings. The normalized spacial score (nSPS) is 17.7. The van der Waals surface area contributed by atoms with Crippen molar-refractivity contribution in [3.8, 4) is 0 Å². The molecule has 0 saturated heterocycles. The predicted octanol–water partition coefficient (Wildman–Crippen LogP) is 4.87. The van der Waals surface area contributed by atoms with Gasteiger partial charge in [0.15, 0.2) is 11.5 Å². The Bertz CT molecular complexity index is 1260. The number of nitrogens with zero attached hydrogens (tertiary/aromatic N) is 5. The van der Waals surface area contributed by atoms with E-state index in [1.807, 2.05) is 39.0 Å². The summed E-state index contributed by atoms with van der Waals surface area (Å²) in [6, 6.07) is 9.77. The minimum Gasteiger partial charge on any atom is -0.337 e. The van der Waals surface area contributed by atoms with Gasteiger partial charge in [0.25, 0.3) is 5.56 Å². The molecule has 3 aromatic heterocycles. The van der Waals surface area contributed by atoms with Gasteiger partial charge in [-0.1, -0.05) is 42.7 Å². The van der Waals surface area contributed by atoms with Gasteiger partial charge in [0.1, 0.15) is 12.9 Å². The average molecular weight is 438 g/mol. The van der Waals surface area contributed by atoms with Gasteiger partial charge in [-0.05, 0) is 55.0 Å². The van der Waals surface area contributed by atoms with E-state index in [9.17, 15) is 4.79 Å². The van der Waals surface area contributed by atoms with Crippen molar-refractivity contribution in [1.29, 1.82) is 0 Å². The lowest BCUT2D eigenvalue weighted by molar-refractivity contribution is 0.315. The van der Waals surface area contributed by atoms with Crippen LogP contribution in [0.25, 0.3) is 11.0 Å². The van der Waals surface area contributed by atoms with Crippen LogP contribution in [0.3, 0.4) is 0 Å². The van der Waals surface area contributed by atoms with E-state index in [4.69, 9.17) is 16.1 Å². The summed E-state index contributed by atoms with van der Waals surface area (Å²) in [5.74, 6) is 1.81. The highest BCUT2D eigenvalue weighted by atomic mass is 35.5.